The first-order chi connectivity index (χ1) is 15.0. The Morgan fingerprint density at radius 3 is 2.19 bits per heavy atom. The molecule has 31 heavy (non-hydrogen) atoms. The summed E-state index contributed by atoms with van der Waals surface area (Å²) in [5, 5.41) is 2.95. The van der Waals surface area contributed by atoms with Crippen LogP contribution in [0.2, 0.25) is 0 Å². The van der Waals surface area contributed by atoms with E-state index in [9.17, 15) is 14.4 Å². The molecule has 0 saturated carbocycles. The van der Waals surface area contributed by atoms with Gasteiger partial charge < -0.3 is 10.2 Å². The second-order valence-corrected chi connectivity index (χ2v) is 8.28. The number of quaternary nitrogens is 1. The van der Waals surface area contributed by atoms with Crippen molar-refractivity contribution in [2.45, 2.75) is 25.9 Å². The Hall–Kier alpha value is -3.57. The maximum absolute atomic E-state index is 13.0. The highest BCUT2D eigenvalue weighted by Crippen LogP contribution is 2.29. The number of hydrogen-bond donors (Lipinski definition) is 2. The van der Waals surface area contributed by atoms with Crippen LogP contribution in [0.15, 0.2) is 66.7 Å². The van der Waals surface area contributed by atoms with Gasteiger partial charge in [0, 0.05) is 39.9 Å². The smallest absolute Gasteiger partial charge is 0.282 e. The van der Waals surface area contributed by atoms with Crippen molar-refractivity contribution < 1.29 is 19.3 Å². The highest BCUT2D eigenvalue weighted by Gasteiger charge is 2.31. The summed E-state index contributed by atoms with van der Waals surface area (Å²) in [4.78, 5) is 39.8. The topological polar surface area (TPSA) is 67.7 Å². The summed E-state index contributed by atoms with van der Waals surface area (Å²) in [6.45, 7) is 3.65. The van der Waals surface area contributed by atoms with Crippen molar-refractivity contribution in [3.8, 4) is 0 Å². The molecule has 0 radical (unpaired) electrons. The lowest BCUT2D eigenvalue weighted by atomic mass is 9.84. The third-order valence-corrected chi connectivity index (χ3v) is 6.45. The summed E-state index contributed by atoms with van der Waals surface area (Å²) in [6.07, 6.45) is 0.956. The summed E-state index contributed by atoms with van der Waals surface area (Å²) >= 11 is 0. The van der Waals surface area contributed by atoms with E-state index in [1.54, 1.807) is 42.5 Å². The van der Waals surface area contributed by atoms with Crippen LogP contribution in [-0.4, -0.2) is 30.1 Å². The Bertz CT molecular complexity index is 1230. The summed E-state index contributed by atoms with van der Waals surface area (Å²) in [7, 11) is 0. The first-order valence-electron chi connectivity index (χ1n) is 10.6. The van der Waals surface area contributed by atoms with Gasteiger partial charge in [0.25, 0.3) is 5.91 Å². The fourth-order valence-electron chi connectivity index (χ4n) is 4.58. The minimum absolute atomic E-state index is 0.0932. The fraction of sp³-hybridized carbons (Fsp3) is 0.192. The van der Waals surface area contributed by atoms with Gasteiger partial charge >= 0.3 is 0 Å². The molecular weight excluding hydrogens is 388 g/mol. The van der Waals surface area contributed by atoms with Crippen LogP contribution in [0.25, 0.3) is 0 Å². The fourth-order valence-corrected chi connectivity index (χ4v) is 4.58. The van der Waals surface area contributed by atoms with Crippen LogP contribution in [0.3, 0.4) is 0 Å². The SMILES string of the molecule is C[C@@H](C(=O)Nc1ccc2c(c1)C(=O)c1ccccc1C2=O)[NH+]1CCc2ccccc2C1. The predicted molar refractivity (Wildman–Crippen MR) is 118 cm³/mol. The van der Waals surface area contributed by atoms with Gasteiger partial charge in [-0.15, -0.1) is 0 Å². The molecule has 1 amide bonds. The van der Waals surface area contributed by atoms with Gasteiger partial charge in [0.2, 0.25) is 0 Å². The Balaban J connectivity index is 1.35. The van der Waals surface area contributed by atoms with E-state index in [0.29, 0.717) is 27.9 Å². The van der Waals surface area contributed by atoms with Crippen molar-refractivity contribution in [2.24, 2.45) is 0 Å². The molecule has 0 fully saturated rings. The summed E-state index contributed by atoms with van der Waals surface area (Å²) in [5.41, 5.74) is 4.75. The molecule has 5 nitrogen and oxygen atoms in total. The first kappa shape index (κ1) is 19.4. The van der Waals surface area contributed by atoms with Crippen LogP contribution in [0, 0.1) is 0 Å². The standard InChI is InChI=1S/C26H22N2O3/c1-16(28-13-12-17-6-2-3-7-18(17)15-28)26(31)27-19-10-11-22-23(14-19)25(30)21-9-5-4-8-20(21)24(22)29/h2-11,14,16H,12-13,15H2,1H3,(H,27,31)/p+1/t16-/m0/s1. The number of amides is 1. The largest absolute Gasteiger partial charge is 0.321 e. The molecule has 2 aliphatic rings. The zero-order valence-electron chi connectivity index (χ0n) is 17.3. The van der Waals surface area contributed by atoms with Crippen LogP contribution in [0.4, 0.5) is 5.69 Å². The second kappa shape index (κ2) is 7.60. The number of nitrogens with one attached hydrogen (secondary N) is 2. The average molecular weight is 411 g/mol. The number of carbonyl (C=O) groups is 3. The van der Waals surface area contributed by atoms with Crippen LogP contribution in [0.5, 0.6) is 0 Å². The summed E-state index contributed by atoms with van der Waals surface area (Å²) in [6, 6.07) is 19.9. The predicted octanol–water partition coefficient (Wildman–Crippen LogP) is 2.43. The molecule has 1 aliphatic carbocycles. The van der Waals surface area contributed by atoms with Gasteiger partial charge in [-0.05, 0) is 30.7 Å². The van der Waals surface area contributed by atoms with Gasteiger partial charge in [-0.2, -0.15) is 0 Å². The Kier molecular flexibility index (Phi) is 4.75. The molecule has 5 rings (SSSR count). The lowest BCUT2D eigenvalue weighted by Gasteiger charge is -2.30. The summed E-state index contributed by atoms with van der Waals surface area (Å²) in [5.74, 6) is -0.440. The Labute approximate surface area is 180 Å². The molecule has 0 spiro atoms. The van der Waals surface area contributed by atoms with Crippen molar-refractivity contribution in [1.29, 1.82) is 0 Å². The molecule has 154 valence electrons. The summed E-state index contributed by atoms with van der Waals surface area (Å²) < 4.78 is 0. The number of benzene rings is 3. The molecule has 1 heterocycles. The van der Waals surface area contributed by atoms with E-state index in [-0.39, 0.29) is 23.5 Å². The number of ketones is 2. The van der Waals surface area contributed by atoms with Gasteiger partial charge in [-0.25, -0.2) is 0 Å². The number of rotatable bonds is 3. The van der Waals surface area contributed by atoms with E-state index in [2.05, 4.69) is 23.5 Å². The second-order valence-electron chi connectivity index (χ2n) is 8.28. The van der Waals surface area contributed by atoms with E-state index in [0.717, 1.165) is 19.5 Å². The molecule has 2 atom stereocenters. The molecule has 0 aromatic heterocycles. The van der Waals surface area contributed by atoms with E-state index < -0.39 is 0 Å². The van der Waals surface area contributed by atoms with Crippen molar-refractivity contribution in [2.75, 3.05) is 11.9 Å². The maximum atomic E-state index is 13.0. The lowest BCUT2D eigenvalue weighted by Crippen LogP contribution is -3.16. The third-order valence-electron chi connectivity index (χ3n) is 6.45. The van der Waals surface area contributed by atoms with E-state index in [4.69, 9.17) is 0 Å². The highest BCUT2D eigenvalue weighted by atomic mass is 16.2. The molecule has 5 heteroatoms. The van der Waals surface area contributed by atoms with Gasteiger partial charge in [-0.3, -0.25) is 14.4 Å². The van der Waals surface area contributed by atoms with E-state index in [1.165, 1.54) is 16.0 Å². The molecule has 3 aromatic carbocycles. The average Bonchev–Trinajstić information content (AvgIpc) is 2.81. The van der Waals surface area contributed by atoms with Crippen LogP contribution in [0.1, 0.15) is 49.9 Å². The molecule has 1 unspecified atom stereocenters. The highest BCUT2D eigenvalue weighted by molar-refractivity contribution is 6.28. The quantitative estimate of drug-likeness (QED) is 0.544. The lowest BCUT2D eigenvalue weighted by molar-refractivity contribution is -0.929. The van der Waals surface area contributed by atoms with Crippen molar-refractivity contribution in [1.82, 2.24) is 0 Å². The van der Waals surface area contributed by atoms with Gasteiger partial charge in [0.1, 0.15) is 6.54 Å². The monoisotopic (exact) mass is 411 g/mol. The number of carbonyl (C=O) groups excluding carboxylic acids is 3. The third kappa shape index (κ3) is 3.37. The number of hydrogen-bond acceptors (Lipinski definition) is 3. The van der Waals surface area contributed by atoms with Crippen molar-refractivity contribution >= 4 is 23.2 Å². The number of anilines is 1. The Morgan fingerprint density at radius 2 is 1.45 bits per heavy atom. The van der Waals surface area contributed by atoms with E-state index >= 15 is 0 Å². The zero-order chi connectivity index (χ0) is 21.5. The van der Waals surface area contributed by atoms with Gasteiger partial charge in [0.05, 0.1) is 6.54 Å². The van der Waals surface area contributed by atoms with Crippen molar-refractivity contribution in [3.63, 3.8) is 0 Å². The molecule has 0 bridgehead atoms. The first-order valence-corrected chi connectivity index (χ1v) is 10.6. The molecule has 2 N–H and O–H groups in total. The van der Waals surface area contributed by atoms with Crippen LogP contribution in [-0.2, 0) is 17.8 Å². The minimum atomic E-state index is -0.234. The minimum Gasteiger partial charge on any atom is -0.321 e. The van der Waals surface area contributed by atoms with Gasteiger partial charge in [-0.1, -0.05) is 48.5 Å². The van der Waals surface area contributed by atoms with Crippen LogP contribution < -0.4 is 10.2 Å². The van der Waals surface area contributed by atoms with Crippen LogP contribution >= 0.6 is 0 Å². The van der Waals surface area contributed by atoms with Gasteiger partial charge in [0.15, 0.2) is 17.6 Å². The van der Waals surface area contributed by atoms with E-state index in [1.807, 2.05) is 13.0 Å². The zero-order valence-corrected chi connectivity index (χ0v) is 17.3. The molecular formula is C26H23N2O3+. The maximum Gasteiger partial charge on any atom is 0.282 e. The Morgan fingerprint density at radius 1 is 0.839 bits per heavy atom. The number of fused-ring (bicyclic) bond motifs is 3. The molecule has 0 saturated heterocycles. The molecule has 3 aromatic rings. The van der Waals surface area contributed by atoms with Crippen molar-refractivity contribution in [3.05, 3.63) is 100 Å². The normalized spacial score (nSPS) is 17.9. The molecule has 1 aliphatic heterocycles.